The van der Waals surface area contributed by atoms with Gasteiger partial charge in [-0.25, -0.2) is 0 Å². The van der Waals surface area contributed by atoms with Crippen LogP contribution in [0.3, 0.4) is 0 Å². The summed E-state index contributed by atoms with van der Waals surface area (Å²) in [6.45, 7) is 3.19. The van der Waals surface area contributed by atoms with Crippen LogP contribution in [0.1, 0.15) is 13.3 Å². The zero-order valence-corrected chi connectivity index (χ0v) is 8.17. The molecule has 0 unspecified atom stereocenters. The standard InChI is InChI=1S/C7H12O2S2/c1-7(5-9-6-8)10-3-2-4-11-7/h6H,2-5H2,1H3. The molecule has 4 heteroatoms. The van der Waals surface area contributed by atoms with Crippen molar-refractivity contribution in [2.24, 2.45) is 0 Å². The molecule has 64 valence electrons. The second-order valence-corrected chi connectivity index (χ2v) is 6.05. The molecule has 1 fully saturated rings. The Morgan fingerprint density at radius 1 is 1.55 bits per heavy atom. The maximum atomic E-state index is 9.95. The van der Waals surface area contributed by atoms with Gasteiger partial charge in [0.05, 0.1) is 4.08 Å². The molecule has 1 rings (SSSR count). The van der Waals surface area contributed by atoms with E-state index in [4.69, 9.17) is 4.74 Å². The molecule has 0 atom stereocenters. The third-order valence-electron chi connectivity index (χ3n) is 1.52. The monoisotopic (exact) mass is 192 g/mol. The molecule has 2 nitrogen and oxygen atoms in total. The highest BCUT2D eigenvalue weighted by molar-refractivity contribution is 8.18. The van der Waals surface area contributed by atoms with Crippen molar-refractivity contribution in [3.8, 4) is 0 Å². The van der Waals surface area contributed by atoms with Gasteiger partial charge in [-0.05, 0) is 24.9 Å². The van der Waals surface area contributed by atoms with Crippen LogP contribution < -0.4 is 0 Å². The largest absolute Gasteiger partial charge is 0.466 e. The summed E-state index contributed by atoms with van der Waals surface area (Å²) in [5, 5.41) is 0. The van der Waals surface area contributed by atoms with E-state index in [0.717, 1.165) is 0 Å². The molecule has 1 aliphatic heterocycles. The van der Waals surface area contributed by atoms with Crippen LogP contribution in [0.25, 0.3) is 0 Å². The van der Waals surface area contributed by atoms with E-state index in [0.29, 0.717) is 13.1 Å². The molecule has 1 heterocycles. The lowest BCUT2D eigenvalue weighted by Gasteiger charge is -2.30. The van der Waals surface area contributed by atoms with Gasteiger partial charge in [-0.15, -0.1) is 23.5 Å². The van der Waals surface area contributed by atoms with Crippen molar-refractivity contribution in [1.82, 2.24) is 0 Å². The SMILES string of the molecule is CC1(COC=O)SCCCS1. The molecule has 0 aromatic carbocycles. The van der Waals surface area contributed by atoms with Gasteiger partial charge in [0.25, 0.3) is 6.47 Å². The predicted molar refractivity (Wildman–Crippen MR) is 50.0 cm³/mol. The topological polar surface area (TPSA) is 26.3 Å². The van der Waals surface area contributed by atoms with Crippen LogP contribution >= 0.6 is 23.5 Å². The predicted octanol–water partition coefficient (Wildman–Crippen LogP) is 1.75. The molecule has 0 aromatic rings. The van der Waals surface area contributed by atoms with Crippen molar-refractivity contribution in [3.63, 3.8) is 0 Å². The average Bonchev–Trinajstić information content (AvgIpc) is 2.03. The summed E-state index contributed by atoms with van der Waals surface area (Å²) < 4.78 is 4.86. The first-order valence-corrected chi connectivity index (χ1v) is 5.57. The van der Waals surface area contributed by atoms with Gasteiger partial charge in [0.2, 0.25) is 0 Å². The third kappa shape index (κ3) is 2.95. The summed E-state index contributed by atoms with van der Waals surface area (Å²) in [7, 11) is 0. The van der Waals surface area contributed by atoms with E-state index in [1.165, 1.54) is 17.9 Å². The number of hydrogen-bond acceptors (Lipinski definition) is 4. The maximum Gasteiger partial charge on any atom is 0.293 e. The summed E-state index contributed by atoms with van der Waals surface area (Å²) in [6.07, 6.45) is 1.27. The molecule has 0 bridgehead atoms. The van der Waals surface area contributed by atoms with Crippen LogP contribution in [0.15, 0.2) is 0 Å². The first kappa shape index (κ1) is 9.26. The number of hydrogen-bond donors (Lipinski definition) is 0. The number of rotatable bonds is 3. The number of ether oxygens (including phenoxy) is 1. The molecule has 1 aliphatic rings. The van der Waals surface area contributed by atoms with E-state index in [2.05, 4.69) is 6.92 Å². The molecule has 0 aromatic heterocycles. The first-order valence-electron chi connectivity index (χ1n) is 3.60. The van der Waals surface area contributed by atoms with Crippen LogP contribution in [0.5, 0.6) is 0 Å². The van der Waals surface area contributed by atoms with Crippen LogP contribution in [0, 0.1) is 0 Å². The highest BCUT2D eigenvalue weighted by Gasteiger charge is 2.28. The molecule has 0 aliphatic carbocycles. The number of carbonyl (C=O) groups is 1. The van der Waals surface area contributed by atoms with Crippen molar-refractivity contribution in [3.05, 3.63) is 0 Å². The average molecular weight is 192 g/mol. The highest BCUT2D eigenvalue weighted by atomic mass is 32.2. The summed E-state index contributed by atoms with van der Waals surface area (Å²) in [5.41, 5.74) is 0. The number of thioether (sulfide) groups is 2. The van der Waals surface area contributed by atoms with Gasteiger partial charge in [0, 0.05) is 0 Å². The fraction of sp³-hybridized carbons (Fsp3) is 0.857. The zero-order chi connectivity index (χ0) is 8.16. The Bertz CT molecular complexity index is 132. The quantitative estimate of drug-likeness (QED) is 0.636. The minimum absolute atomic E-state index is 0.110. The Morgan fingerprint density at radius 2 is 2.18 bits per heavy atom. The lowest BCUT2D eigenvalue weighted by molar-refractivity contribution is -0.128. The zero-order valence-electron chi connectivity index (χ0n) is 6.54. The van der Waals surface area contributed by atoms with Gasteiger partial charge in [-0.3, -0.25) is 4.79 Å². The fourth-order valence-electron chi connectivity index (χ4n) is 0.945. The molecule has 0 N–H and O–H groups in total. The lowest BCUT2D eigenvalue weighted by atomic mass is 10.5. The van der Waals surface area contributed by atoms with Crippen LogP contribution in [-0.4, -0.2) is 28.7 Å². The van der Waals surface area contributed by atoms with Crippen molar-refractivity contribution in [1.29, 1.82) is 0 Å². The van der Waals surface area contributed by atoms with Crippen molar-refractivity contribution < 1.29 is 9.53 Å². The molecule has 0 radical (unpaired) electrons. The Balaban J connectivity index is 2.30. The van der Waals surface area contributed by atoms with Crippen LogP contribution in [0.4, 0.5) is 0 Å². The Kier molecular flexibility index (Phi) is 3.59. The second kappa shape index (κ2) is 4.26. The van der Waals surface area contributed by atoms with E-state index >= 15 is 0 Å². The van der Waals surface area contributed by atoms with Crippen molar-refractivity contribution in [2.75, 3.05) is 18.1 Å². The minimum Gasteiger partial charge on any atom is -0.466 e. The van der Waals surface area contributed by atoms with E-state index in [1.807, 2.05) is 23.5 Å². The minimum atomic E-state index is 0.110. The summed E-state index contributed by atoms with van der Waals surface area (Å²) in [5.74, 6) is 2.37. The molecule has 0 amide bonds. The lowest BCUT2D eigenvalue weighted by Crippen LogP contribution is -2.26. The van der Waals surface area contributed by atoms with Gasteiger partial charge in [-0.1, -0.05) is 0 Å². The molecular weight excluding hydrogens is 180 g/mol. The van der Waals surface area contributed by atoms with Crippen molar-refractivity contribution >= 4 is 30.0 Å². The Morgan fingerprint density at radius 3 is 2.73 bits per heavy atom. The molecule has 1 saturated heterocycles. The molecule has 0 spiro atoms. The Hall–Kier alpha value is 0.170. The summed E-state index contributed by atoms with van der Waals surface area (Å²) >= 11 is 3.77. The second-order valence-electron chi connectivity index (χ2n) is 2.59. The van der Waals surface area contributed by atoms with Gasteiger partial charge < -0.3 is 4.74 Å². The van der Waals surface area contributed by atoms with E-state index in [9.17, 15) is 4.79 Å². The maximum absolute atomic E-state index is 9.95. The van der Waals surface area contributed by atoms with Crippen LogP contribution in [0.2, 0.25) is 0 Å². The van der Waals surface area contributed by atoms with Gasteiger partial charge in [0.15, 0.2) is 0 Å². The molecular formula is C7H12O2S2. The molecule has 0 saturated carbocycles. The van der Waals surface area contributed by atoms with E-state index in [1.54, 1.807) is 0 Å². The summed E-state index contributed by atoms with van der Waals surface area (Å²) in [6, 6.07) is 0. The normalized spacial score (nSPS) is 22.6. The molecule has 11 heavy (non-hydrogen) atoms. The first-order chi connectivity index (χ1) is 5.27. The van der Waals surface area contributed by atoms with E-state index in [-0.39, 0.29) is 4.08 Å². The summed E-state index contributed by atoms with van der Waals surface area (Å²) in [4.78, 5) is 9.95. The highest BCUT2D eigenvalue weighted by Crippen LogP contribution is 2.41. The fourth-order valence-corrected chi connectivity index (χ4v) is 3.71. The Labute approximate surface area is 75.4 Å². The van der Waals surface area contributed by atoms with E-state index < -0.39 is 0 Å². The number of carbonyl (C=O) groups excluding carboxylic acids is 1. The third-order valence-corrected chi connectivity index (χ3v) is 4.67. The van der Waals surface area contributed by atoms with Crippen molar-refractivity contribution in [2.45, 2.75) is 17.4 Å². The smallest absolute Gasteiger partial charge is 0.293 e. The van der Waals surface area contributed by atoms with Crippen LogP contribution in [-0.2, 0) is 9.53 Å². The van der Waals surface area contributed by atoms with Gasteiger partial charge >= 0.3 is 0 Å². The van der Waals surface area contributed by atoms with Gasteiger partial charge in [0.1, 0.15) is 6.61 Å². The van der Waals surface area contributed by atoms with Gasteiger partial charge in [-0.2, -0.15) is 0 Å².